The van der Waals surface area contributed by atoms with Crippen LogP contribution in [0.4, 0.5) is 13.2 Å². The summed E-state index contributed by atoms with van der Waals surface area (Å²) in [5.41, 5.74) is -3.19. The van der Waals surface area contributed by atoms with E-state index in [-0.39, 0.29) is 11.3 Å². The molecule has 0 saturated carbocycles. The highest BCUT2D eigenvalue weighted by Crippen LogP contribution is 2.41. The molecular weight excluding hydrogens is 209 g/mol. The molecule has 1 atom stereocenters. The third-order valence-electron chi connectivity index (χ3n) is 2.18. The summed E-state index contributed by atoms with van der Waals surface area (Å²) in [5, 5.41) is 9.43. The monoisotopic (exact) mass is 220 g/mol. The molecule has 2 nitrogen and oxygen atoms in total. The summed E-state index contributed by atoms with van der Waals surface area (Å²) in [6.45, 7) is 0.699. The van der Waals surface area contributed by atoms with Crippen molar-refractivity contribution in [2.75, 3.05) is 7.11 Å². The van der Waals surface area contributed by atoms with Crippen LogP contribution in [0, 0.1) is 0 Å². The lowest BCUT2D eigenvalue weighted by Gasteiger charge is -2.27. The number of rotatable bonds is 2. The lowest BCUT2D eigenvalue weighted by Crippen LogP contribution is -2.39. The zero-order chi connectivity index (χ0) is 11.7. The Labute approximate surface area is 85.3 Å². The van der Waals surface area contributed by atoms with Gasteiger partial charge < -0.3 is 9.84 Å². The van der Waals surface area contributed by atoms with E-state index in [2.05, 4.69) is 0 Å². The van der Waals surface area contributed by atoms with Crippen molar-refractivity contribution in [3.63, 3.8) is 0 Å². The summed E-state index contributed by atoms with van der Waals surface area (Å²) < 4.78 is 42.4. The average molecular weight is 220 g/mol. The van der Waals surface area contributed by atoms with E-state index in [1.807, 2.05) is 0 Å². The molecule has 0 aliphatic heterocycles. The van der Waals surface area contributed by atoms with Crippen molar-refractivity contribution in [1.29, 1.82) is 0 Å². The minimum atomic E-state index is -4.73. The van der Waals surface area contributed by atoms with Gasteiger partial charge in [-0.1, -0.05) is 18.2 Å². The number of benzene rings is 1. The number of hydrogen-bond donors (Lipinski definition) is 1. The molecule has 0 radical (unpaired) electrons. The summed E-state index contributed by atoms with van der Waals surface area (Å²) in [7, 11) is 1.26. The Morgan fingerprint density at radius 3 is 2.20 bits per heavy atom. The summed E-state index contributed by atoms with van der Waals surface area (Å²) in [6.07, 6.45) is -4.73. The number of methoxy groups -OCH3 is 1. The summed E-state index contributed by atoms with van der Waals surface area (Å²) in [5.74, 6) is 0.0137. The van der Waals surface area contributed by atoms with Crippen LogP contribution in [-0.2, 0) is 5.60 Å². The van der Waals surface area contributed by atoms with Gasteiger partial charge in [-0.05, 0) is 13.0 Å². The minimum absolute atomic E-state index is 0.0137. The molecule has 0 fully saturated rings. The van der Waals surface area contributed by atoms with Gasteiger partial charge in [-0.15, -0.1) is 0 Å². The van der Waals surface area contributed by atoms with E-state index in [9.17, 15) is 18.3 Å². The minimum Gasteiger partial charge on any atom is -0.496 e. The van der Waals surface area contributed by atoms with Gasteiger partial charge in [0.25, 0.3) is 0 Å². The van der Waals surface area contributed by atoms with Gasteiger partial charge >= 0.3 is 6.18 Å². The number of hydrogen-bond acceptors (Lipinski definition) is 2. The van der Waals surface area contributed by atoms with Gasteiger partial charge in [0, 0.05) is 5.56 Å². The van der Waals surface area contributed by atoms with Gasteiger partial charge in [0.15, 0.2) is 5.60 Å². The molecule has 0 aromatic heterocycles. The van der Waals surface area contributed by atoms with Crippen LogP contribution in [0.1, 0.15) is 12.5 Å². The van der Waals surface area contributed by atoms with E-state index >= 15 is 0 Å². The summed E-state index contributed by atoms with van der Waals surface area (Å²) in [4.78, 5) is 0. The van der Waals surface area contributed by atoms with Gasteiger partial charge in [-0.2, -0.15) is 13.2 Å². The van der Waals surface area contributed by atoms with E-state index in [0.29, 0.717) is 6.92 Å². The molecule has 0 bridgehead atoms. The van der Waals surface area contributed by atoms with Crippen molar-refractivity contribution >= 4 is 0 Å². The van der Waals surface area contributed by atoms with Gasteiger partial charge in [0.05, 0.1) is 7.11 Å². The van der Waals surface area contributed by atoms with Crippen molar-refractivity contribution in [1.82, 2.24) is 0 Å². The topological polar surface area (TPSA) is 29.5 Å². The second-order valence-corrected chi connectivity index (χ2v) is 3.27. The van der Waals surface area contributed by atoms with Crippen molar-refractivity contribution in [3.05, 3.63) is 29.8 Å². The van der Waals surface area contributed by atoms with E-state index < -0.39 is 11.8 Å². The summed E-state index contributed by atoms with van der Waals surface area (Å²) >= 11 is 0. The van der Waals surface area contributed by atoms with E-state index in [4.69, 9.17) is 4.74 Å². The number of aliphatic hydroxyl groups is 1. The highest BCUT2D eigenvalue weighted by atomic mass is 19.4. The Hall–Kier alpha value is -1.23. The van der Waals surface area contributed by atoms with Gasteiger partial charge in [-0.25, -0.2) is 0 Å². The average Bonchev–Trinajstić information content (AvgIpc) is 2.16. The number of alkyl halides is 3. The fraction of sp³-hybridized carbons (Fsp3) is 0.400. The molecule has 84 valence electrons. The molecule has 1 rings (SSSR count). The van der Waals surface area contributed by atoms with Crippen LogP contribution >= 0.6 is 0 Å². The quantitative estimate of drug-likeness (QED) is 0.829. The molecule has 1 N–H and O–H groups in total. The Kier molecular flexibility index (Phi) is 2.95. The van der Waals surface area contributed by atoms with Crippen molar-refractivity contribution in [2.45, 2.75) is 18.7 Å². The smallest absolute Gasteiger partial charge is 0.421 e. The van der Waals surface area contributed by atoms with Crippen LogP contribution in [0.3, 0.4) is 0 Å². The van der Waals surface area contributed by atoms with Gasteiger partial charge in [-0.3, -0.25) is 0 Å². The zero-order valence-electron chi connectivity index (χ0n) is 8.30. The molecule has 5 heteroatoms. The normalized spacial score (nSPS) is 15.9. The molecule has 0 aliphatic rings. The van der Waals surface area contributed by atoms with Crippen LogP contribution in [0.15, 0.2) is 24.3 Å². The van der Waals surface area contributed by atoms with Crippen LogP contribution in [0.5, 0.6) is 5.75 Å². The number of ether oxygens (including phenoxy) is 1. The molecule has 15 heavy (non-hydrogen) atoms. The van der Waals surface area contributed by atoms with Crippen molar-refractivity contribution in [2.24, 2.45) is 0 Å². The lowest BCUT2D eigenvalue weighted by molar-refractivity contribution is -0.259. The SMILES string of the molecule is COc1ccccc1C(C)(O)C(F)(F)F. The molecule has 1 unspecified atom stereocenters. The number of para-hydroxylation sites is 1. The maximum Gasteiger partial charge on any atom is 0.421 e. The molecule has 0 saturated heterocycles. The second kappa shape index (κ2) is 3.73. The highest BCUT2D eigenvalue weighted by molar-refractivity contribution is 5.38. The predicted molar refractivity (Wildman–Crippen MR) is 48.6 cm³/mol. The molecular formula is C10H11F3O2. The van der Waals surface area contributed by atoms with Gasteiger partial charge in [0.2, 0.25) is 0 Å². The van der Waals surface area contributed by atoms with Crippen LogP contribution in [0.25, 0.3) is 0 Å². The summed E-state index contributed by atoms with van der Waals surface area (Å²) in [6, 6.07) is 5.51. The standard InChI is InChI=1S/C10H11F3O2/c1-9(14,10(11,12)13)7-5-3-4-6-8(7)15-2/h3-6,14H,1-2H3. The number of halogens is 3. The first kappa shape index (κ1) is 11.8. The zero-order valence-corrected chi connectivity index (χ0v) is 8.30. The third kappa shape index (κ3) is 2.07. The maximum atomic E-state index is 12.5. The van der Waals surface area contributed by atoms with E-state index in [0.717, 1.165) is 0 Å². The van der Waals surface area contributed by atoms with Crippen molar-refractivity contribution < 1.29 is 23.0 Å². The highest BCUT2D eigenvalue weighted by Gasteiger charge is 2.52. The van der Waals surface area contributed by atoms with E-state index in [1.54, 1.807) is 0 Å². The molecule has 0 amide bonds. The van der Waals surface area contributed by atoms with Crippen molar-refractivity contribution in [3.8, 4) is 5.75 Å². The first-order valence-corrected chi connectivity index (χ1v) is 4.23. The molecule has 1 aromatic rings. The van der Waals surface area contributed by atoms with Gasteiger partial charge in [0.1, 0.15) is 5.75 Å². The first-order chi connectivity index (χ1) is 6.80. The first-order valence-electron chi connectivity index (χ1n) is 4.23. The van der Waals surface area contributed by atoms with Crippen LogP contribution < -0.4 is 4.74 Å². The van der Waals surface area contributed by atoms with Crippen LogP contribution in [0.2, 0.25) is 0 Å². The fourth-order valence-electron chi connectivity index (χ4n) is 1.20. The Morgan fingerprint density at radius 2 is 1.73 bits per heavy atom. The molecule has 0 heterocycles. The fourth-order valence-corrected chi connectivity index (χ4v) is 1.20. The molecule has 0 spiro atoms. The second-order valence-electron chi connectivity index (χ2n) is 3.27. The third-order valence-corrected chi connectivity index (χ3v) is 2.18. The molecule has 1 aromatic carbocycles. The Balaban J connectivity index is 3.26. The predicted octanol–water partition coefficient (Wildman–Crippen LogP) is 2.47. The maximum absolute atomic E-state index is 12.5. The van der Waals surface area contributed by atoms with Crippen LogP contribution in [-0.4, -0.2) is 18.4 Å². The molecule has 0 aliphatic carbocycles. The Bertz CT molecular complexity index is 345. The largest absolute Gasteiger partial charge is 0.496 e. The Morgan fingerprint density at radius 1 is 1.20 bits per heavy atom. The van der Waals surface area contributed by atoms with E-state index in [1.165, 1.54) is 31.4 Å². The lowest BCUT2D eigenvalue weighted by atomic mass is 9.94.